The normalized spacial score (nSPS) is 9.30. The smallest absolute Gasteiger partial charge is 0.240 e. The summed E-state index contributed by atoms with van der Waals surface area (Å²) in [5, 5.41) is 8.82. The van der Waals surface area contributed by atoms with Crippen LogP contribution in [0.2, 0.25) is 0 Å². The molecule has 1 rings (SSSR count). The molecule has 1 aromatic heterocycles. The molecule has 0 radical (unpaired) electrons. The van der Waals surface area contributed by atoms with Crippen LogP contribution in [0.4, 0.5) is 5.69 Å². The van der Waals surface area contributed by atoms with Gasteiger partial charge in [-0.05, 0) is 6.07 Å². The first kappa shape index (κ1) is 6.67. The molecule has 0 saturated carbocycles. The fourth-order valence-electron chi connectivity index (χ4n) is 0.605. The van der Waals surface area contributed by atoms with Crippen LogP contribution in [0, 0.1) is 0 Å². The fourth-order valence-corrected chi connectivity index (χ4v) is 0.605. The lowest BCUT2D eigenvalue weighted by atomic mass is 10.4. The summed E-state index contributed by atoms with van der Waals surface area (Å²) in [5.41, 5.74) is 5.82. The Balaban J connectivity index is 3.09. The van der Waals surface area contributed by atoms with Crippen molar-refractivity contribution in [3.05, 3.63) is 12.1 Å². The van der Waals surface area contributed by atoms with E-state index >= 15 is 0 Å². The summed E-state index contributed by atoms with van der Waals surface area (Å²) >= 11 is 0. The van der Waals surface area contributed by atoms with Crippen LogP contribution in [-0.2, 0) is 0 Å². The Morgan fingerprint density at radius 1 is 1.60 bits per heavy atom. The third-order valence-electron chi connectivity index (χ3n) is 1.07. The van der Waals surface area contributed by atoms with Crippen LogP contribution in [0.25, 0.3) is 0 Å². The van der Waals surface area contributed by atoms with E-state index in [4.69, 9.17) is 15.6 Å². The van der Waals surface area contributed by atoms with E-state index in [-0.39, 0.29) is 11.8 Å². The summed E-state index contributed by atoms with van der Waals surface area (Å²) in [5.74, 6) is 0.158. The van der Waals surface area contributed by atoms with E-state index in [1.807, 2.05) is 0 Å². The van der Waals surface area contributed by atoms with E-state index in [0.29, 0.717) is 5.69 Å². The second-order valence-corrected chi connectivity index (χ2v) is 1.77. The van der Waals surface area contributed by atoms with Crippen molar-refractivity contribution < 1.29 is 9.84 Å². The topological polar surface area (TPSA) is 68.4 Å². The van der Waals surface area contributed by atoms with Gasteiger partial charge in [0.2, 0.25) is 11.8 Å². The number of rotatable bonds is 1. The minimum absolute atomic E-state index is 0.0916. The highest BCUT2D eigenvalue weighted by Crippen LogP contribution is 2.19. The largest absolute Gasteiger partial charge is 0.493 e. The van der Waals surface area contributed by atoms with E-state index < -0.39 is 0 Å². The van der Waals surface area contributed by atoms with Crippen molar-refractivity contribution in [2.24, 2.45) is 0 Å². The highest BCUT2D eigenvalue weighted by Gasteiger charge is 1.99. The molecule has 54 valence electrons. The molecule has 0 aliphatic rings. The third kappa shape index (κ3) is 1.10. The van der Waals surface area contributed by atoms with Crippen molar-refractivity contribution >= 4 is 5.69 Å². The van der Waals surface area contributed by atoms with Gasteiger partial charge >= 0.3 is 0 Å². The molecule has 3 N–H and O–H groups in total. The highest BCUT2D eigenvalue weighted by molar-refractivity contribution is 5.48. The van der Waals surface area contributed by atoms with Gasteiger partial charge in [0.15, 0.2) is 0 Å². The molecule has 0 spiro atoms. The predicted molar refractivity (Wildman–Crippen MR) is 36.9 cm³/mol. The van der Waals surface area contributed by atoms with E-state index in [9.17, 15) is 0 Å². The van der Waals surface area contributed by atoms with Gasteiger partial charge < -0.3 is 15.6 Å². The Morgan fingerprint density at radius 2 is 2.30 bits per heavy atom. The Bertz CT molecular complexity index is 237. The molecular weight excluding hydrogens is 132 g/mol. The summed E-state index contributed by atoms with van der Waals surface area (Å²) in [6.07, 6.45) is 0. The summed E-state index contributed by atoms with van der Waals surface area (Å²) in [7, 11) is 1.44. The number of ether oxygens (including phenoxy) is 1. The Kier molecular flexibility index (Phi) is 1.62. The molecule has 1 heterocycles. The lowest BCUT2D eigenvalue weighted by molar-refractivity contribution is 0.382. The van der Waals surface area contributed by atoms with E-state index in [0.717, 1.165) is 0 Å². The van der Waals surface area contributed by atoms with E-state index in [1.165, 1.54) is 19.2 Å². The van der Waals surface area contributed by atoms with Gasteiger partial charge in [0.1, 0.15) is 0 Å². The van der Waals surface area contributed by atoms with Gasteiger partial charge in [-0.3, -0.25) is 0 Å². The van der Waals surface area contributed by atoms with Gasteiger partial charge in [-0.25, -0.2) is 0 Å². The Labute approximate surface area is 58.3 Å². The number of nitrogen functional groups attached to an aromatic ring is 1. The van der Waals surface area contributed by atoms with E-state index in [2.05, 4.69) is 4.98 Å². The maximum atomic E-state index is 8.82. The van der Waals surface area contributed by atoms with Gasteiger partial charge in [0.25, 0.3) is 0 Å². The van der Waals surface area contributed by atoms with Crippen molar-refractivity contribution in [2.45, 2.75) is 0 Å². The van der Waals surface area contributed by atoms with Gasteiger partial charge in [-0.1, -0.05) is 0 Å². The molecule has 0 amide bonds. The number of nitrogens with two attached hydrogens (primary N) is 1. The molecule has 0 unspecified atom stereocenters. The van der Waals surface area contributed by atoms with Crippen molar-refractivity contribution in [3.63, 3.8) is 0 Å². The van der Waals surface area contributed by atoms with Crippen LogP contribution in [-0.4, -0.2) is 17.2 Å². The lowest BCUT2D eigenvalue weighted by Gasteiger charge is -2.01. The van der Waals surface area contributed by atoms with Crippen LogP contribution in [0.1, 0.15) is 0 Å². The zero-order valence-electron chi connectivity index (χ0n) is 5.53. The summed E-state index contributed by atoms with van der Waals surface area (Å²) < 4.78 is 4.73. The SMILES string of the molecule is COc1nc(O)ccc1N. The third-order valence-corrected chi connectivity index (χ3v) is 1.07. The number of hydrogen-bond acceptors (Lipinski definition) is 4. The quantitative estimate of drug-likeness (QED) is 0.591. The van der Waals surface area contributed by atoms with Gasteiger partial charge in [0, 0.05) is 6.07 Å². The van der Waals surface area contributed by atoms with Gasteiger partial charge in [-0.2, -0.15) is 4.98 Å². The standard InChI is InChI=1S/C6H8N2O2/c1-10-6-4(7)2-3-5(9)8-6/h2-3H,7H2,1H3,(H,8,9). The predicted octanol–water partition coefficient (Wildman–Crippen LogP) is 0.378. The molecule has 4 heteroatoms. The number of methoxy groups -OCH3 is 1. The summed E-state index contributed by atoms with van der Waals surface area (Å²) in [4.78, 5) is 3.60. The molecule has 0 aromatic carbocycles. The van der Waals surface area contributed by atoms with Crippen LogP contribution in [0.5, 0.6) is 11.8 Å². The zero-order chi connectivity index (χ0) is 7.56. The molecule has 0 fully saturated rings. The fraction of sp³-hybridized carbons (Fsp3) is 0.167. The molecule has 0 atom stereocenters. The first-order chi connectivity index (χ1) is 4.74. The Hall–Kier alpha value is -1.45. The van der Waals surface area contributed by atoms with Gasteiger partial charge in [0.05, 0.1) is 12.8 Å². The zero-order valence-corrected chi connectivity index (χ0v) is 5.53. The van der Waals surface area contributed by atoms with Crippen LogP contribution >= 0.6 is 0 Å². The van der Waals surface area contributed by atoms with Crippen molar-refractivity contribution in [1.29, 1.82) is 0 Å². The summed E-state index contributed by atoms with van der Waals surface area (Å²) in [6.45, 7) is 0. The van der Waals surface area contributed by atoms with Crippen LogP contribution < -0.4 is 10.5 Å². The minimum atomic E-state index is -0.0916. The van der Waals surface area contributed by atoms with Gasteiger partial charge in [-0.15, -0.1) is 0 Å². The van der Waals surface area contributed by atoms with Crippen LogP contribution in [0.3, 0.4) is 0 Å². The molecular formula is C6H8N2O2. The monoisotopic (exact) mass is 140 g/mol. The molecule has 1 aromatic rings. The number of aromatic nitrogens is 1. The highest BCUT2D eigenvalue weighted by atomic mass is 16.5. The number of anilines is 1. The number of aromatic hydroxyl groups is 1. The summed E-state index contributed by atoms with van der Waals surface area (Å²) in [6, 6.07) is 2.93. The van der Waals surface area contributed by atoms with Crippen molar-refractivity contribution in [1.82, 2.24) is 4.98 Å². The number of pyridine rings is 1. The first-order valence-corrected chi connectivity index (χ1v) is 2.73. The van der Waals surface area contributed by atoms with Crippen molar-refractivity contribution in [3.8, 4) is 11.8 Å². The second kappa shape index (κ2) is 2.43. The molecule has 0 aliphatic heterocycles. The molecule has 0 bridgehead atoms. The molecule has 0 aliphatic carbocycles. The molecule has 10 heavy (non-hydrogen) atoms. The molecule has 4 nitrogen and oxygen atoms in total. The first-order valence-electron chi connectivity index (χ1n) is 2.73. The average molecular weight is 140 g/mol. The maximum absolute atomic E-state index is 8.82. The van der Waals surface area contributed by atoms with Crippen molar-refractivity contribution in [2.75, 3.05) is 12.8 Å². The lowest BCUT2D eigenvalue weighted by Crippen LogP contribution is -1.93. The maximum Gasteiger partial charge on any atom is 0.240 e. The van der Waals surface area contributed by atoms with Crippen LogP contribution in [0.15, 0.2) is 12.1 Å². The van der Waals surface area contributed by atoms with E-state index in [1.54, 1.807) is 0 Å². The minimum Gasteiger partial charge on any atom is -0.493 e. The molecule has 0 saturated heterocycles. The average Bonchev–Trinajstić information content (AvgIpc) is 1.94. The Morgan fingerprint density at radius 3 is 2.80 bits per heavy atom. The number of hydrogen-bond donors (Lipinski definition) is 2. The second-order valence-electron chi connectivity index (χ2n) is 1.77. The number of nitrogens with zero attached hydrogens (tertiary/aromatic N) is 1.